The van der Waals surface area contributed by atoms with Gasteiger partial charge in [0.2, 0.25) is 5.91 Å². The Kier molecular flexibility index (Phi) is 6.86. The van der Waals surface area contributed by atoms with E-state index in [2.05, 4.69) is 11.4 Å². The number of benzene rings is 2. The Morgan fingerprint density at radius 3 is 2.59 bits per heavy atom. The van der Waals surface area contributed by atoms with Crippen LogP contribution in [-0.2, 0) is 4.79 Å². The first-order valence-electron chi connectivity index (χ1n) is 8.60. The highest BCUT2D eigenvalue weighted by Gasteiger charge is 2.29. The van der Waals surface area contributed by atoms with E-state index < -0.39 is 0 Å². The summed E-state index contributed by atoms with van der Waals surface area (Å²) in [5, 5.41) is 13.2. The fourth-order valence-corrected chi connectivity index (χ4v) is 4.18. The number of hydrogen-bond acceptors (Lipinski definition) is 5. The van der Waals surface area contributed by atoms with Crippen molar-refractivity contribution in [3.8, 4) is 11.8 Å². The Morgan fingerprint density at radius 2 is 1.93 bits per heavy atom. The predicted octanol–water partition coefficient (Wildman–Crippen LogP) is 4.56. The Labute approximate surface area is 168 Å². The summed E-state index contributed by atoms with van der Waals surface area (Å²) in [6, 6.07) is 20.0. The second-order valence-corrected chi connectivity index (χ2v) is 7.93. The van der Waals surface area contributed by atoms with Gasteiger partial charge in [-0.05, 0) is 36.1 Å². The maximum atomic E-state index is 12.2. The number of amides is 1. The lowest BCUT2D eigenvalue weighted by molar-refractivity contribution is -0.120. The van der Waals surface area contributed by atoms with Crippen LogP contribution in [0.15, 0.2) is 70.1 Å². The van der Waals surface area contributed by atoms with Gasteiger partial charge in [-0.1, -0.05) is 30.3 Å². The Hall–Kier alpha value is -2.36. The SMILES string of the molecule is CSc1ccc([C@H]2CC(=O)NC(SCCOc3ccccc3)=C2C#N)cc1. The maximum absolute atomic E-state index is 12.2. The van der Waals surface area contributed by atoms with Gasteiger partial charge in [0.1, 0.15) is 5.75 Å². The Balaban J connectivity index is 1.70. The van der Waals surface area contributed by atoms with Crippen molar-refractivity contribution in [1.29, 1.82) is 5.26 Å². The first-order valence-corrected chi connectivity index (χ1v) is 10.8. The van der Waals surface area contributed by atoms with Crippen molar-refractivity contribution in [2.75, 3.05) is 18.6 Å². The zero-order valence-corrected chi connectivity index (χ0v) is 16.6. The van der Waals surface area contributed by atoms with Gasteiger partial charge < -0.3 is 10.1 Å². The summed E-state index contributed by atoms with van der Waals surface area (Å²) < 4.78 is 5.69. The van der Waals surface area contributed by atoms with Crippen molar-refractivity contribution in [2.24, 2.45) is 0 Å². The molecule has 3 rings (SSSR count). The first-order chi connectivity index (χ1) is 13.2. The summed E-state index contributed by atoms with van der Waals surface area (Å²) in [6.07, 6.45) is 2.32. The fourth-order valence-electron chi connectivity index (χ4n) is 2.87. The highest BCUT2D eigenvalue weighted by molar-refractivity contribution is 8.03. The van der Waals surface area contributed by atoms with Crippen molar-refractivity contribution < 1.29 is 9.53 Å². The number of nitriles is 1. The van der Waals surface area contributed by atoms with E-state index in [1.54, 1.807) is 11.8 Å². The van der Waals surface area contributed by atoms with Gasteiger partial charge in [-0.25, -0.2) is 0 Å². The smallest absolute Gasteiger partial charge is 0.225 e. The molecule has 6 heteroatoms. The number of para-hydroxylation sites is 1. The highest BCUT2D eigenvalue weighted by Crippen LogP contribution is 2.36. The minimum absolute atomic E-state index is 0.0561. The molecular weight excluding hydrogens is 376 g/mol. The molecule has 0 radical (unpaired) electrons. The number of nitrogens with one attached hydrogen (secondary N) is 1. The molecule has 1 aliphatic rings. The second-order valence-electron chi connectivity index (χ2n) is 5.94. The molecule has 0 spiro atoms. The van der Waals surface area contributed by atoms with Gasteiger partial charge in [0, 0.05) is 23.0 Å². The number of allylic oxidation sites excluding steroid dienone is 1. The molecule has 0 unspecified atom stereocenters. The highest BCUT2D eigenvalue weighted by atomic mass is 32.2. The van der Waals surface area contributed by atoms with Crippen LogP contribution in [0.25, 0.3) is 0 Å². The van der Waals surface area contributed by atoms with Gasteiger partial charge in [-0.15, -0.1) is 23.5 Å². The summed E-state index contributed by atoms with van der Waals surface area (Å²) in [4.78, 5) is 13.4. The second kappa shape index (κ2) is 9.54. The molecule has 138 valence electrons. The van der Waals surface area contributed by atoms with Gasteiger partial charge in [0.25, 0.3) is 0 Å². The molecule has 1 aliphatic heterocycles. The summed E-state index contributed by atoms with van der Waals surface area (Å²) in [5.74, 6) is 1.21. The van der Waals surface area contributed by atoms with E-state index in [-0.39, 0.29) is 11.8 Å². The third-order valence-corrected chi connectivity index (χ3v) is 5.94. The molecule has 0 aromatic heterocycles. The van der Waals surface area contributed by atoms with Crippen LogP contribution in [0.5, 0.6) is 5.75 Å². The fraction of sp³-hybridized carbons (Fsp3) is 0.238. The van der Waals surface area contributed by atoms with Gasteiger partial charge in [0.15, 0.2) is 0 Å². The van der Waals surface area contributed by atoms with Crippen LogP contribution in [0, 0.1) is 11.3 Å². The minimum atomic E-state index is -0.197. The molecule has 1 atom stereocenters. The standard InChI is InChI=1S/C21H20N2O2S2/c1-26-17-9-7-15(8-10-17)18-13-20(24)23-21(19(18)14-22)27-12-11-25-16-5-3-2-4-6-16/h2-10,18H,11-13H2,1H3,(H,23,24)/t18-/m1/s1. The molecule has 2 aromatic rings. The predicted molar refractivity (Wildman–Crippen MR) is 111 cm³/mol. The van der Waals surface area contributed by atoms with E-state index >= 15 is 0 Å². The number of nitrogens with zero attached hydrogens (tertiary/aromatic N) is 1. The normalized spacial score (nSPS) is 16.6. The molecule has 4 nitrogen and oxygen atoms in total. The molecule has 0 saturated carbocycles. The lowest BCUT2D eigenvalue weighted by Gasteiger charge is -2.25. The van der Waals surface area contributed by atoms with Crippen LogP contribution in [-0.4, -0.2) is 24.5 Å². The topological polar surface area (TPSA) is 62.1 Å². The zero-order valence-electron chi connectivity index (χ0n) is 15.0. The van der Waals surface area contributed by atoms with Gasteiger partial charge >= 0.3 is 0 Å². The Morgan fingerprint density at radius 1 is 1.19 bits per heavy atom. The van der Waals surface area contributed by atoms with Crippen LogP contribution in [0.4, 0.5) is 0 Å². The average Bonchev–Trinajstić information content (AvgIpc) is 2.71. The van der Waals surface area contributed by atoms with Gasteiger partial charge in [-0.3, -0.25) is 4.79 Å². The minimum Gasteiger partial charge on any atom is -0.493 e. The van der Waals surface area contributed by atoms with Crippen molar-refractivity contribution >= 4 is 29.4 Å². The maximum Gasteiger partial charge on any atom is 0.225 e. The molecule has 0 fully saturated rings. The molecular formula is C21H20N2O2S2. The summed E-state index contributed by atoms with van der Waals surface area (Å²) in [7, 11) is 0. The average molecular weight is 397 g/mol. The van der Waals surface area contributed by atoms with Crippen LogP contribution >= 0.6 is 23.5 Å². The number of ether oxygens (including phenoxy) is 1. The molecule has 0 saturated heterocycles. The van der Waals surface area contributed by atoms with Gasteiger partial charge in [-0.2, -0.15) is 5.26 Å². The van der Waals surface area contributed by atoms with E-state index in [0.717, 1.165) is 16.2 Å². The van der Waals surface area contributed by atoms with Crippen LogP contribution in [0.2, 0.25) is 0 Å². The van der Waals surface area contributed by atoms with E-state index in [1.807, 2.05) is 60.9 Å². The quantitative estimate of drug-likeness (QED) is 0.549. The Bertz CT molecular complexity index is 858. The van der Waals surface area contributed by atoms with Crippen molar-refractivity contribution in [3.63, 3.8) is 0 Å². The number of carbonyl (C=O) groups excluding carboxylic acids is 1. The number of carbonyl (C=O) groups is 1. The lowest BCUT2D eigenvalue weighted by atomic mass is 9.87. The molecule has 2 aromatic carbocycles. The van der Waals surface area contributed by atoms with Crippen LogP contribution < -0.4 is 10.1 Å². The molecule has 1 heterocycles. The van der Waals surface area contributed by atoms with Crippen LogP contribution in [0.3, 0.4) is 0 Å². The monoisotopic (exact) mass is 396 g/mol. The third-order valence-electron chi connectivity index (χ3n) is 4.22. The first kappa shape index (κ1) is 19.4. The zero-order chi connectivity index (χ0) is 19.1. The summed E-state index contributed by atoms with van der Waals surface area (Å²) in [5.41, 5.74) is 1.62. The van der Waals surface area contributed by atoms with Gasteiger partial charge in [0.05, 0.1) is 23.3 Å². The third kappa shape index (κ3) is 5.09. The van der Waals surface area contributed by atoms with E-state index in [4.69, 9.17) is 4.74 Å². The summed E-state index contributed by atoms with van der Waals surface area (Å²) in [6.45, 7) is 0.500. The van der Waals surface area contributed by atoms with Crippen molar-refractivity contribution in [1.82, 2.24) is 5.32 Å². The molecule has 1 N–H and O–H groups in total. The molecule has 27 heavy (non-hydrogen) atoms. The summed E-state index contributed by atoms with van der Waals surface area (Å²) >= 11 is 3.12. The number of rotatable bonds is 7. The lowest BCUT2D eigenvalue weighted by Crippen LogP contribution is -2.31. The van der Waals surface area contributed by atoms with E-state index in [9.17, 15) is 10.1 Å². The molecule has 0 bridgehead atoms. The molecule has 1 amide bonds. The van der Waals surface area contributed by atoms with E-state index in [0.29, 0.717) is 29.4 Å². The molecule has 0 aliphatic carbocycles. The van der Waals surface area contributed by atoms with Crippen molar-refractivity contribution in [2.45, 2.75) is 17.2 Å². The number of thioether (sulfide) groups is 2. The van der Waals surface area contributed by atoms with Crippen molar-refractivity contribution in [3.05, 3.63) is 70.8 Å². The number of hydrogen-bond donors (Lipinski definition) is 1. The largest absolute Gasteiger partial charge is 0.493 e. The van der Waals surface area contributed by atoms with E-state index in [1.165, 1.54) is 11.8 Å². The van der Waals surface area contributed by atoms with Crippen LogP contribution in [0.1, 0.15) is 17.9 Å².